The molecule has 1 aromatic heterocycles. The van der Waals surface area contributed by atoms with Crippen LogP contribution in [0.2, 0.25) is 0 Å². The first-order chi connectivity index (χ1) is 13.1. The lowest BCUT2D eigenvalue weighted by Gasteiger charge is -2.46. The number of carbonyl (C=O) groups is 1. The van der Waals surface area contributed by atoms with E-state index in [2.05, 4.69) is 26.8 Å². The first-order valence-corrected chi connectivity index (χ1v) is 10.4. The van der Waals surface area contributed by atoms with Crippen molar-refractivity contribution in [1.29, 1.82) is 0 Å². The third kappa shape index (κ3) is 5.53. The van der Waals surface area contributed by atoms with Gasteiger partial charge in [-0.1, -0.05) is 0 Å². The van der Waals surface area contributed by atoms with Crippen LogP contribution < -0.4 is 0 Å². The van der Waals surface area contributed by atoms with Gasteiger partial charge in [-0.25, -0.2) is 0 Å². The summed E-state index contributed by atoms with van der Waals surface area (Å²) in [6, 6.07) is 0.549. The largest absolute Gasteiger partial charge is 0.396 e. The lowest BCUT2D eigenvalue weighted by atomic mass is 9.86. The van der Waals surface area contributed by atoms with Crippen LogP contribution in [0.1, 0.15) is 31.2 Å². The van der Waals surface area contributed by atoms with Gasteiger partial charge >= 0.3 is 0 Å². The van der Waals surface area contributed by atoms with Crippen LogP contribution in [0, 0.1) is 5.92 Å². The van der Waals surface area contributed by atoms with E-state index in [1.807, 2.05) is 19.4 Å². The highest BCUT2D eigenvalue weighted by molar-refractivity contribution is 5.76. The van der Waals surface area contributed by atoms with Crippen molar-refractivity contribution < 1.29 is 9.90 Å². The molecule has 0 radical (unpaired) electrons. The third-order valence-corrected chi connectivity index (χ3v) is 6.17. The van der Waals surface area contributed by atoms with Crippen molar-refractivity contribution >= 4 is 5.91 Å². The number of piperazine rings is 1. The number of rotatable bonds is 7. The van der Waals surface area contributed by atoms with Crippen molar-refractivity contribution in [1.82, 2.24) is 24.5 Å². The van der Waals surface area contributed by atoms with E-state index in [-0.39, 0.29) is 12.5 Å². The first kappa shape index (κ1) is 20.3. The smallest absolute Gasteiger partial charge is 0.222 e. The van der Waals surface area contributed by atoms with Crippen LogP contribution in [-0.4, -0.2) is 94.5 Å². The molecular weight excluding hydrogens is 342 g/mol. The van der Waals surface area contributed by atoms with Crippen LogP contribution in [0.15, 0.2) is 12.4 Å². The molecule has 2 atom stereocenters. The number of nitrogens with zero attached hydrogens (tertiary/aromatic N) is 5. The number of likely N-dealkylation sites (N-methyl/N-ethyl adjacent to an activating group) is 1. The zero-order valence-corrected chi connectivity index (χ0v) is 16.9. The summed E-state index contributed by atoms with van der Waals surface area (Å²) >= 11 is 0. The summed E-state index contributed by atoms with van der Waals surface area (Å²) in [5.74, 6) is 0.723. The molecule has 0 spiro atoms. The van der Waals surface area contributed by atoms with Gasteiger partial charge in [0.2, 0.25) is 5.91 Å². The highest BCUT2D eigenvalue weighted by atomic mass is 16.3. The molecule has 2 fully saturated rings. The fourth-order valence-electron chi connectivity index (χ4n) is 4.53. The van der Waals surface area contributed by atoms with Crippen molar-refractivity contribution in [2.24, 2.45) is 13.0 Å². The Hall–Kier alpha value is -1.44. The van der Waals surface area contributed by atoms with Crippen molar-refractivity contribution in [2.45, 2.75) is 38.1 Å². The van der Waals surface area contributed by atoms with Crippen molar-refractivity contribution in [3.8, 4) is 0 Å². The number of aryl methyl sites for hydroxylation is 2. The van der Waals surface area contributed by atoms with Gasteiger partial charge in [-0.2, -0.15) is 5.10 Å². The molecule has 0 unspecified atom stereocenters. The number of carbonyl (C=O) groups excluding carboxylic acids is 1. The topological polar surface area (TPSA) is 64.8 Å². The van der Waals surface area contributed by atoms with Gasteiger partial charge in [0.05, 0.1) is 6.20 Å². The molecule has 0 bridgehead atoms. The lowest BCUT2D eigenvalue weighted by molar-refractivity contribution is -0.134. The number of hydrogen-bond donors (Lipinski definition) is 1. The van der Waals surface area contributed by atoms with Crippen LogP contribution in [-0.2, 0) is 18.3 Å². The molecule has 1 amide bonds. The van der Waals surface area contributed by atoms with Crippen molar-refractivity contribution in [3.63, 3.8) is 0 Å². The number of likely N-dealkylation sites (tertiary alicyclic amines) is 1. The van der Waals surface area contributed by atoms with Crippen molar-refractivity contribution in [3.05, 3.63) is 18.0 Å². The first-order valence-electron chi connectivity index (χ1n) is 10.4. The predicted octanol–water partition coefficient (Wildman–Crippen LogP) is 0.590. The second-order valence-corrected chi connectivity index (χ2v) is 8.18. The van der Waals surface area contributed by atoms with E-state index in [4.69, 9.17) is 0 Å². The summed E-state index contributed by atoms with van der Waals surface area (Å²) in [5, 5.41) is 13.5. The molecule has 152 valence electrons. The van der Waals surface area contributed by atoms with Crippen LogP contribution in [0.3, 0.4) is 0 Å². The van der Waals surface area contributed by atoms with Gasteiger partial charge in [0.15, 0.2) is 0 Å². The number of piperidine rings is 1. The third-order valence-electron chi connectivity index (χ3n) is 6.17. The van der Waals surface area contributed by atoms with Gasteiger partial charge in [-0.3, -0.25) is 14.4 Å². The van der Waals surface area contributed by atoms with E-state index >= 15 is 0 Å². The summed E-state index contributed by atoms with van der Waals surface area (Å²) in [4.78, 5) is 19.8. The zero-order chi connectivity index (χ0) is 19.2. The molecule has 1 N–H and O–H groups in total. The number of aliphatic hydroxyl groups is 1. The Kier molecular flexibility index (Phi) is 7.26. The maximum Gasteiger partial charge on any atom is 0.222 e. The molecule has 7 nitrogen and oxygen atoms in total. The van der Waals surface area contributed by atoms with E-state index in [9.17, 15) is 9.90 Å². The molecule has 0 aromatic carbocycles. The van der Waals surface area contributed by atoms with E-state index in [0.717, 1.165) is 70.5 Å². The van der Waals surface area contributed by atoms with Gasteiger partial charge in [0.1, 0.15) is 0 Å². The Bertz CT molecular complexity index is 597. The molecule has 3 rings (SSSR count). The number of hydrogen-bond acceptors (Lipinski definition) is 5. The molecule has 7 heteroatoms. The Labute approximate surface area is 162 Å². The molecule has 1 aromatic rings. The minimum absolute atomic E-state index is 0.237. The normalized spacial score (nSPS) is 25.1. The molecule has 0 aliphatic carbocycles. The number of amides is 1. The summed E-state index contributed by atoms with van der Waals surface area (Å²) in [6.07, 6.45) is 8.02. The van der Waals surface area contributed by atoms with Crippen LogP contribution in [0.25, 0.3) is 0 Å². The summed E-state index contributed by atoms with van der Waals surface area (Å²) in [5.41, 5.74) is 1.12. The highest BCUT2D eigenvalue weighted by Gasteiger charge is 2.35. The monoisotopic (exact) mass is 377 g/mol. The minimum Gasteiger partial charge on any atom is -0.396 e. The molecule has 27 heavy (non-hydrogen) atoms. The van der Waals surface area contributed by atoms with E-state index in [1.165, 1.54) is 0 Å². The Morgan fingerprint density at radius 3 is 2.67 bits per heavy atom. The van der Waals surface area contributed by atoms with Gasteiger partial charge in [0.25, 0.3) is 0 Å². The molecule has 2 aliphatic rings. The average Bonchev–Trinajstić information content (AvgIpc) is 3.10. The van der Waals surface area contributed by atoms with Gasteiger partial charge < -0.3 is 14.9 Å². The fourth-order valence-corrected chi connectivity index (χ4v) is 4.53. The van der Waals surface area contributed by atoms with E-state index < -0.39 is 0 Å². The average molecular weight is 378 g/mol. The van der Waals surface area contributed by atoms with E-state index in [1.54, 1.807) is 4.68 Å². The fraction of sp³-hybridized carbons (Fsp3) is 0.800. The summed E-state index contributed by atoms with van der Waals surface area (Å²) in [6.45, 7) is 6.41. The van der Waals surface area contributed by atoms with Gasteiger partial charge in [0, 0.05) is 71.6 Å². The second-order valence-electron chi connectivity index (χ2n) is 8.18. The zero-order valence-electron chi connectivity index (χ0n) is 16.9. The molecule has 0 saturated carbocycles. The lowest BCUT2D eigenvalue weighted by Crippen LogP contribution is -2.56. The van der Waals surface area contributed by atoms with Gasteiger partial charge in [-0.15, -0.1) is 0 Å². The van der Waals surface area contributed by atoms with Crippen LogP contribution in [0.5, 0.6) is 0 Å². The Balaban J connectivity index is 1.55. The quantitative estimate of drug-likeness (QED) is 0.753. The molecular formula is C20H35N5O2. The Morgan fingerprint density at radius 2 is 2.00 bits per heavy atom. The maximum absolute atomic E-state index is 12.8. The van der Waals surface area contributed by atoms with Crippen LogP contribution in [0.4, 0.5) is 0 Å². The number of aliphatic hydroxyl groups excluding tert-OH is 1. The van der Waals surface area contributed by atoms with E-state index in [0.29, 0.717) is 18.4 Å². The molecule has 3 heterocycles. The minimum atomic E-state index is 0.237. The maximum atomic E-state index is 12.8. The summed E-state index contributed by atoms with van der Waals surface area (Å²) < 4.78 is 1.78. The highest BCUT2D eigenvalue weighted by Crippen LogP contribution is 2.27. The number of aromatic nitrogens is 2. The standard InChI is InChI=1S/C20H35N5O2/c1-22-9-11-24(12-10-22)19-7-8-25(16-18(19)4-3-13-26)20(27)6-5-17-14-21-23(2)15-17/h14-15,18-19,26H,3-13,16H2,1-2H3/t18-,19+/m1/s1. The SMILES string of the molecule is CN1CCN([C@H]2CCN(C(=O)CCc3cnn(C)c3)C[C@H]2CCCO)CC1. The second kappa shape index (κ2) is 9.66. The molecule has 2 aliphatic heterocycles. The Morgan fingerprint density at radius 1 is 1.22 bits per heavy atom. The summed E-state index contributed by atoms with van der Waals surface area (Å²) in [7, 11) is 4.09. The van der Waals surface area contributed by atoms with Crippen LogP contribution >= 0.6 is 0 Å². The van der Waals surface area contributed by atoms with Gasteiger partial charge in [-0.05, 0) is 44.2 Å². The van der Waals surface area contributed by atoms with Crippen molar-refractivity contribution in [2.75, 3.05) is 52.9 Å². The predicted molar refractivity (Wildman–Crippen MR) is 105 cm³/mol. The molecule has 2 saturated heterocycles.